The molecule has 0 amide bonds. The van der Waals surface area contributed by atoms with Crippen molar-refractivity contribution in [3.05, 3.63) is 14.5 Å². The average molecular weight is 321 g/mol. The van der Waals surface area contributed by atoms with Gasteiger partial charge in [-0.3, -0.25) is 4.90 Å². The van der Waals surface area contributed by atoms with E-state index < -0.39 is 0 Å². The number of hydrogen-bond donors (Lipinski definition) is 0. The highest BCUT2D eigenvalue weighted by Crippen LogP contribution is 2.35. The quantitative estimate of drug-likeness (QED) is 0.485. The van der Waals surface area contributed by atoms with Gasteiger partial charge in [-0.15, -0.1) is 11.3 Å². The number of rotatable bonds is 4. The standard InChI is InChI=1S/C11H17BrN2O2S/c1-4-15-16-7-14-6-8-9(5-11(14,2)3)17-10(12)13-8/h4-7H2,1-3H3. The summed E-state index contributed by atoms with van der Waals surface area (Å²) in [5.41, 5.74) is 1.23. The van der Waals surface area contributed by atoms with Gasteiger partial charge in [0.2, 0.25) is 0 Å². The molecular weight excluding hydrogens is 304 g/mol. The average Bonchev–Trinajstić information content (AvgIpc) is 2.56. The third-order valence-electron chi connectivity index (χ3n) is 2.95. The van der Waals surface area contributed by atoms with E-state index in [0.29, 0.717) is 13.3 Å². The van der Waals surface area contributed by atoms with Gasteiger partial charge in [0, 0.05) is 23.4 Å². The summed E-state index contributed by atoms with van der Waals surface area (Å²) in [6.07, 6.45) is 1.00. The van der Waals surface area contributed by atoms with Crippen molar-refractivity contribution in [3.8, 4) is 0 Å². The van der Waals surface area contributed by atoms with Gasteiger partial charge in [-0.2, -0.15) is 0 Å². The predicted molar refractivity (Wildman–Crippen MR) is 70.7 cm³/mol. The zero-order valence-electron chi connectivity index (χ0n) is 10.3. The molecule has 0 saturated carbocycles. The first-order valence-electron chi connectivity index (χ1n) is 5.66. The highest BCUT2D eigenvalue weighted by Gasteiger charge is 2.35. The van der Waals surface area contributed by atoms with Gasteiger partial charge in [0.15, 0.2) is 3.92 Å². The van der Waals surface area contributed by atoms with E-state index in [1.54, 1.807) is 11.3 Å². The molecular formula is C11H17BrN2O2S. The fourth-order valence-electron chi connectivity index (χ4n) is 1.92. The Morgan fingerprint density at radius 2 is 2.24 bits per heavy atom. The monoisotopic (exact) mass is 320 g/mol. The molecule has 0 unspecified atom stereocenters. The summed E-state index contributed by atoms with van der Waals surface area (Å²) >= 11 is 5.18. The smallest absolute Gasteiger partial charge is 0.159 e. The minimum atomic E-state index is 0.0794. The van der Waals surface area contributed by atoms with Gasteiger partial charge >= 0.3 is 0 Å². The summed E-state index contributed by atoms with van der Waals surface area (Å²) in [6, 6.07) is 0. The molecule has 1 aromatic heterocycles. The van der Waals surface area contributed by atoms with E-state index >= 15 is 0 Å². The Balaban J connectivity index is 2.08. The lowest BCUT2D eigenvalue weighted by molar-refractivity contribution is -0.320. The number of fused-ring (bicyclic) bond motifs is 1. The second kappa shape index (κ2) is 5.32. The number of aromatic nitrogens is 1. The van der Waals surface area contributed by atoms with E-state index in [1.807, 2.05) is 6.92 Å². The molecule has 6 heteroatoms. The molecule has 0 radical (unpaired) electrons. The maximum Gasteiger partial charge on any atom is 0.159 e. The largest absolute Gasteiger partial charge is 0.267 e. The lowest BCUT2D eigenvalue weighted by atomic mass is 9.93. The van der Waals surface area contributed by atoms with Crippen LogP contribution in [-0.2, 0) is 22.7 Å². The van der Waals surface area contributed by atoms with Crippen molar-refractivity contribution in [2.45, 2.75) is 39.3 Å². The predicted octanol–water partition coefficient (Wildman–Crippen LogP) is 2.97. The second-order valence-corrected chi connectivity index (χ2v) is 7.04. The molecule has 0 spiro atoms. The van der Waals surface area contributed by atoms with Crippen molar-refractivity contribution in [3.63, 3.8) is 0 Å². The van der Waals surface area contributed by atoms with Crippen molar-refractivity contribution in [1.29, 1.82) is 0 Å². The van der Waals surface area contributed by atoms with E-state index in [4.69, 9.17) is 9.78 Å². The minimum absolute atomic E-state index is 0.0794. The van der Waals surface area contributed by atoms with Crippen LogP contribution in [0.1, 0.15) is 31.3 Å². The number of hydrogen-bond acceptors (Lipinski definition) is 5. The SMILES string of the molecule is CCOOCN1Cc2nc(Br)sc2CC1(C)C. The molecule has 0 N–H and O–H groups in total. The number of thiazole rings is 1. The van der Waals surface area contributed by atoms with Gasteiger partial charge < -0.3 is 0 Å². The topological polar surface area (TPSA) is 34.6 Å². The molecule has 0 bridgehead atoms. The van der Waals surface area contributed by atoms with Crippen molar-refractivity contribution in [2.24, 2.45) is 0 Å². The number of halogens is 1. The Hall–Kier alpha value is -0.0100. The van der Waals surface area contributed by atoms with Crippen molar-refractivity contribution in [2.75, 3.05) is 13.3 Å². The van der Waals surface area contributed by atoms with Gasteiger partial charge in [-0.1, -0.05) is 0 Å². The molecule has 96 valence electrons. The van der Waals surface area contributed by atoms with Crippen LogP contribution in [0.2, 0.25) is 0 Å². The van der Waals surface area contributed by atoms with E-state index in [1.165, 1.54) is 4.88 Å². The Labute approximate surface area is 114 Å². The van der Waals surface area contributed by atoms with Crippen LogP contribution in [0.5, 0.6) is 0 Å². The Kier molecular flexibility index (Phi) is 4.20. The van der Waals surface area contributed by atoms with Gasteiger partial charge in [-0.25, -0.2) is 14.8 Å². The van der Waals surface area contributed by atoms with Crippen LogP contribution in [0.3, 0.4) is 0 Å². The third kappa shape index (κ3) is 3.06. The van der Waals surface area contributed by atoms with E-state index in [9.17, 15) is 0 Å². The molecule has 2 rings (SSSR count). The van der Waals surface area contributed by atoms with Crippen LogP contribution in [0, 0.1) is 0 Å². The van der Waals surface area contributed by atoms with Crippen molar-refractivity contribution >= 4 is 27.3 Å². The maximum atomic E-state index is 5.17. The summed E-state index contributed by atoms with van der Waals surface area (Å²) in [4.78, 5) is 18.2. The second-order valence-electron chi connectivity index (χ2n) is 4.68. The molecule has 4 nitrogen and oxygen atoms in total. The van der Waals surface area contributed by atoms with Crippen LogP contribution in [0.15, 0.2) is 3.92 Å². The first kappa shape index (κ1) is 13.4. The van der Waals surface area contributed by atoms with Crippen molar-refractivity contribution < 1.29 is 9.78 Å². The molecule has 2 heterocycles. The molecule has 0 saturated heterocycles. The molecule has 0 atom stereocenters. The van der Waals surface area contributed by atoms with Crippen LogP contribution in [0.25, 0.3) is 0 Å². The number of nitrogens with zero attached hydrogens (tertiary/aromatic N) is 2. The van der Waals surface area contributed by atoms with Gasteiger partial charge in [0.25, 0.3) is 0 Å². The summed E-state index contributed by atoms with van der Waals surface area (Å²) in [5.74, 6) is 0. The van der Waals surface area contributed by atoms with Crippen molar-refractivity contribution in [1.82, 2.24) is 9.88 Å². The Morgan fingerprint density at radius 3 is 2.94 bits per heavy atom. The van der Waals surface area contributed by atoms with Crippen LogP contribution >= 0.6 is 27.3 Å². The third-order valence-corrected chi connectivity index (χ3v) is 4.50. The molecule has 0 aliphatic carbocycles. The van der Waals surface area contributed by atoms with E-state index in [-0.39, 0.29) is 5.54 Å². The molecule has 1 aliphatic heterocycles. The normalized spacial score (nSPS) is 19.3. The van der Waals surface area contributed by atoms with Crippen LogP contribution in [-0.4, -0.2) is 28.8 Å². The first-order chi connectivity index (χ1) is 8.03. The molecule has 17 heavy (non-hydrogen) atoms. The van der Waals surface area contributed by atoms with Gasteiger partial charge in [-0.05, 0) is 36.7 Å². The van der Waals surface area contributed by atoms with Crippen LogP contribution in [0.4, 0.5) is 0 Å². The van der Waals surface area contributed by atoms with E-state index in [0.717, 1.165) is 22.6 Å². The lowest BCUT2D eigenvalue weighted by Crippen LogP contribution is -2.49. The summed E-state index contributed by atoms with van der Waals surface area (Å²) < 4.78 is 0.964. The van der Waals surface area contributed by atoms with E-state index in [2.05, 4.69) is 39.7 Å². The lowest BCUT2D eigenvalue weighted by Gasteiger charge is -2.40. The van der Waals surface area contributed by atoms with Gasteiger partial charge in [0.1, 0.15) is 6.73 Å². The summed E-state index contributed by atoms with van der Waals surface area (Å²) in [5, 5.41) is 0. The fourth-order valence-corrected chi connectivity index (χ4v) is 3.73. The minimum Gasteiger partial charge on any atom is -0.267 e. The molecule has 1 aromatic rings. The highest BCUT2D eigenvalue weighted by atomic mass is 79.9. The zero-order chi connectivity index (χ0) is 12.5. The first-order valence-corrected chi connectivity index (χ1v) is 7.27. The van der Waals surface area contributed by atoms with Gasteiger partial charge in [0.05, 0.1) is 12.3 Å². The molecule has 0 fully saturated rings. The maximum absolute atomic E-state index is 5.17. The summed E-state index contributed by atoms with van der Waals surface area (Å²) in [7, 11) is 0. The Bertz CT molecular complexity index is 395. The van der Waals surface area contributed by atoms with Crippen LogP contribution < -0.4 is 0 Å². The molecule has 1 aliphatic rings. The highest BCUT2D eigenvalue weighted by molar-refractivity contribution is 9.11. The fraction of sp³-hybridized carbons (Fsp3) is 0.727. The Morgan fingerprint density at radius 1 is 1.47 bits per heavy atom. The molecule has 0 aromatic carbocycles. The zero-order valence-corrected chi connectivity index (χ0v) is 12.7. The summed E-state index contributed by atoms with van der Waals surface area (Å²) in [6.45, 7) is 8.23.